The van der Waals surface area contributed by atoms with Gasteiger partial charge in [0.15, 0.2) is 0 Å². The second-order valence-electron chi connectivity index (χ2n) is 5.01. The monoisotopic (exact) mass is 330 g/mol. The maximum Gasteiger partial charge on any atom is 0.206 e. The van der Waals surface area contributed by atoms with Crippen LogP contribution in [0.4, 0.5) is 0 Å². The predicted octanol–water partition coefficient (Wildman–Crippen LogP) is 3.69. The summed E-state index contributed by atoms with van der Waals surface area (Å²) in [6.45, 7) is 5.37. The summed E-state index contributed by atoms with van der Waals surface area (Å²) in [6, 6.07) is 8.29. The molecule has 0 radical (unpaired) electrons. The molecule has 4 nitrogen and oxygen atoms in total. The number of hydrogen-bond acceptors (Lipinski definition) is 4. The molecular formula is C18H18O4S. The van der Waals surface area contributed by atoms with Gasteiger partial charge in [-0.15, -0.1) is 6.58 Å². The van der Waals surface area contributed by atoms with Gasteiger partial charge in [-0.1, -0.05) is 18.2 Å². The fourth-order valence-corrected chi connectivity index (χ4v) is 3.54. The number of hydrogen-bond donors (Lipinski definition) is 2. The van der Waals surface area contributed by atoms with Crippen molar-refractivity contribution in [1.29, 1.82) is 0 Å². The molecule has 0 saturated heterocycles. The Kier molecular flexibility index (Phi) is 4.91. The van der Waals surface area contributed by atoms with Crippen LogP contribution in [0.5, 0.6) is 11.5 Å². The van der Waals surface area contributed by atoms with Crippen LogP contribution in [-0.2, 0) is 16.3 Å². The number of sulfone groups is 1. The van der Waals surface area contributed by atoms with Crippen molar-refractivity contribution in [3.8, 4) is 11.5 Å². The summed E-state index contributed by atoms with van der Waals surface area (Å²) in [5.41, 5.74) is 0.923. The van der Waals surface area contributed by atoms with Crippen molar-refractivity contribution < 1.29 is 18.6 Å². The zero-order valence-corrected chi connectivity index (χ0v) is 13.5. The summed E-state index contributed by atoms with van der Waals surface area (Å²) < 4.78 is 25.5. The summed E-state index contributed by atoms with van der Waals surface area (Å²) >= 11 is 0. The Labute approximate surface area is 136 Å². The fourth-order valence-electron chi connectivity index (χ4n) is 2.20. The minimum Gasteiger partial charge on any atom is -0.508 e. The Morgan fingerprint density at radius 3 is 2.26 bits per heavy atom. The minimum absolute atomic E-state index is 0.0140. The van der Waals surface area contributed by atoms with E-state index in [1.54, 1.807) is 25.2 Å². The van der Waals surface area contributed by atoms with E-state index < -0.39 is 9.84 Å². The van der Waals surface area contributed by atoms with Crippen molar-refractivity contribution in [3.05, 3.63) is 66.3 Å². The van der Waals surface area contributed by atoms with Crippen LogP contribution in [-0.4, -0.2) is 18.6 Å². The number of benzene rings is 2. The molecule has 2 aromatic carbocycles. The molecule has 0 saturated carbocycles. The number of phenols is 2. The van der Waals surface area contributed by atoms with Gasteiger partial charge < -0.3 is 10.2 Å². The molecule has 0 spiro atoms. The van der Waals surface area contributed by atoms with Gasteiger partial charge in [-0.05, 0) is 55.3 Å². The van der Waals surface area contributed by atoms with Gasteiger partial charge in [-0.25, -0.2) is 8.42 Å². The molecule has 0 amide bonds. The molecular weight excluding hydrogens is 312 g/mol. The standard InChI is InChI=1S/C18H18O4S/c1-3-5-13-11-15(7-9-17(13)19)23(21,22)16-8-10-18(20)14(12-16)6-4-2/h3-4,6-12,19-20H,1,5H2,2H3. The average molecular weight is 330 g/mol. The van der Waals surface area contributed by atoms with E-state index in [-0.39, 0.29) is 21.3 Å². The Morgan fingerprint density at radius 2 is 1.65 bits per heavy atom. The zero-order valence-electron chi connectivity index (χ0n) is 12.7. The highest BCUT2D eigenvalue weighted by molar-refractivity contribution is 7.91. The number of aromatic hydroxyl groups is 2. The van der Waals surface area contributed by atoms with Crippen molar-refractivity contribution in [2.45, 2.75) is 23.1 Å². The summed E-state index contributed by atoms with van der Waals surface area (Å²) in [6.07, 6.45) is 5.31. The van der Waals surface area contributed by atoms with E-state index in [9.17, 15) is 18.6 Å². The van der Waals surface area contributed by atoms with Gasteiger partial charge in [0.25, 0.3) is 0 Å². The third-order valence-corrected chi connectivity index (χ3v) is 5.13. The molecule has 23 heavy (non-hydrogen) atoms. The van der Waals surface area contributed by atoms with E-state index in [4.69, 9.17) is 0 Å². The predicted molar refractivity (Wildman–Crippen MR) is 90.3 cm³/mol. The smallest absolute Gasteiger partial charge is 0.206 e. The van der Waals surface area contributed by atoms with Crippen LogP contribution >= 0.6 is 0 Å². The molecule has 2 rings (SSSR count). The first kappa shape index (κ1) is 16.8. The van der Waals surface area contributed by atoms with Gasteiger partial charge in [0.2, 0.25) is 9.84 Å². The number of phenolic OH excluding ortho intramolecular Hbond substituents is 2. The Balaban J connectivity index is 2.56. The Morgan fingerprint density at radius 1 is 1.04 bits per heavy atom. The van der Waals surface area contributed by atoms with Crippen molar-refractivity contribution >= 4 is 15.9 Å². The SMILES string of the molecule is C=CCc1cc(S(=O)(=O)c2ccc(O)c(C=CC)c2)ccc1O. The highest BCUT2D eigenvalue weighted by Crippen LogP contribution is 2.29. The van der Waals surface area contributed by atoms with Crippen molar-refractivity contribution in [1.82, 2.24) is 0 Å². The molecule has 120 valence electrons. The summed E-state index contributed by atoms with van der Waals surface area (Å²) in [5.74, 6) is 0.0456. The molecule has 5 heteroatoms. The van der Waals surface area contributed by atoms with Crippen molar-refractivity contribution in [2.24, 2.45) is 0 Å². The van der Waals surface area contributed by atoms with Gasteiger partial charge in [0.1, 0.15) is 11.5 Å². The molecule has 0 unspecified atom stereocenters. The lowest BCUT2D eigenvalue weighted by atomic mass is 10.1. The van der Waals surface area contributed by atoms with Crippen LogP contribution in [0.1, 0.15) is 18.1 Å². The van der Waals surface area contributed by atoms with Crippen LogP contribution < -0.4 is 0 Å². The average Bonchev–Trinajstić information content (AvgIpc) is 2.51. The first-order valence-corrected chi connectivity index (χ1v) is 8.52. The van der Waals surface area contributed by atoms with E-state index in [2.05, 4.69) is 6.58 Å². The van der Waals surface area contributed by atoms with Gasteiger partial charge in [0, 0.05) is 5.56 Å². The van der Waals surface area contributed by atoms with E-state index >= 15 is 0 Å². The van der Waals surface area contributed by atoms with Gasteiger partial charge in [0.05, 0.1) is 9.79 Å². The summed E-state index contributed by atoms with van der Waals surface area (Å²) in [4.78, 5) is 0.169. The third-order valence-electron chi connectivity index (χ3n) is 3.38. The van der Waals surface area contributed by atoms with Crippen LogP contribution in [0.25, 0.3) is 6.08 Å². The maximum atomic E-state index is 12.8. The summed E-state index contributed by atoms with van der Waals surface area (Å²) in [5, 5.41) is 19.5. The first-order valence-electron chi connectivity index (χ1n) is 7.03. The van der Waals surface area contributed by atoms with Crippen LogP contribution in [0.3, 0.4) is 0 Å². The zero-order chi connectivity index (χ0) is 17.0. The maximum absolute atomic E-state index is 12.8. The molecule has 2 aromatic rings. The van der Waals surface area contributed by atoms with Crippen LogP contribution in [0.15, 0.2) is 64.9 Å². The Hall–Kier alpha value is -2.53. The van der Waals surface area contributed by atoms with E-state index in [1.165, 1.54) is 36.4 Å². The van der Waals surface area contributed by atoms with Gasteiger partial charge >= 0.3 is 0 Å². The molecule has 0 bridgehead atoms. The highest BCUT2D eigenvalue weighted by Gasteiger charge is 2.20. The largest absolute Gasteiger partial charge is 0.508 e. The minimum atomic E-state index is -3.74. The molecule has 0 fully saturated rings. The topological polar surface area (TPSA) is 74.6 Å². The van der Waals surface area contributed by atoms with Crippen molar-refractivity contribution in [3.63, 3.8) is 0 Å². The molecule has 0 aliphatic heterocycles. The normalized spacial score (nSPS) is 11.7. The molecule has 0 aliphatic rings. The second kappa shape index (κ2) is 6.71. The van der Waals surface area contributed by atoms with Crippen LogP contribution in [0.2, 0.25) is 0 Å². The van der Waals surface area contributed by atoms with E-state index in [0.29, 0.717) is 17.5 Å². The molecule has 0 aromatic heterocycles. The van der Waals surface area contributed by atoms with Crippen LogP contribution in [0, 0.1) is 0 Å². The lowest BCUT2D eigenvalue weighted by Gasteiger charge is -2.09. The quantitative estimate of drug-likeness (QED) is 0.820. The molecule has 0 heterocycles. The summed E-state index contributed by atoms with van der Waals surface area (Å²) in [7, 11) is -3.74. The molecule has 0 atom stereocenters. The van der Waals surface area contributed by atoms with Gasteiger partial charge in [-0.3, -0.25) is 0 Å². The lowest BCUT2D eigenvalue weighted by molar-refractivity contribution is 0.469. The Bertz CT molecular complexity index is 865. The fraction of sp³-hybridized carbons (Fsp3) is 0.111. The highest BCUT2D eigenvalue weighted by atomic mass is 32.2. The third kappa shape index (κ3) is 3.46. The number of rotatable bonds is 5. The lowest BCUT2D eigenvalue weighted by Crippen LogP contribution is -2.03. The first-order chi connectivity index (χ1) is 10.9. The molecule has 0 aliphatic carbocycles. The van der Waals surface area contributed by atoms with Crippen molar-refractivity contribution in [2.75, 3.05) is 0 Å². The van der Waals surface area contributed by atoms with E-state index in [0.717, 1.165) is 0 Å². The molecule has 2 N–H and O–H groups in total. The second-order valence-corrected chi connectivity index (χ2v) is 6.96. The van der Waals surface area contributed by atoms with E-state index in [1.807, 2.05) is 0 Å². The number of allylic oxidation sites excluding steroid dienone is 2. The van der Waals surface area contributed by atoms with Gasteiger partial charge in [-0.2, -0.15) is 0 Å².